The SMILES string of the molecule is CC(C)CC1NC(=O)[C@H](CC(N)=O)NC(=O)C(C)(C)CCCCCn2cc(nn2)CCC[C@@](C)(C(=O)N[C@@H](CCC(N)=O)C(=O)N[C@@H](CC(N)=O)C(N)=O)NN[C@@H](CC(C)C)C(=O)C(=O)[C@H](CC(C)C)NC(=O)C(CCCNC(=N)N)NC(=O)[C@H](Cc2c[nH]c3ccccc23)NC1=O. The van der Waals surface area contributed by atoms with E-state index in [0.29, 0.717) is 54.4 Å². The number of carbonyl (C=O) groups is 13. The lowest BCUT2D eigenvalue weighted by molar-refractivity contribution is -0.141. The number of para-hydroxylation sites is 1. The molecule has 1 aliphatic rings. The van der Waals surface area contributed by atoms with Crippen molar-refractivity contribution in [2.45, 2.75) is 232 Å². The van der Waals surface area contributed by atoms with Crippen LogP contribution in [-0.4, -0.2) is 163 Å². The number of hydrogen-bond acceptors (Lipinski definition) is 18. The van der Waals surface area contributed by atoms with Gasteiger partial charge in [-0.05, 0) is 107 Å². The molecule has 0 saturated carbocycles. The molecule has 0 aliphatic carbocycles. The summed E-state index contributed by atoms with van der Waals surface area (Å²) in [5.41, 5.74) is 32.3. The highest BCUT2D eigenvalue weighted by atomic mass is 16.2. The number of rotatable bonds is 24. The summed E-state index contributed by atoms with van der Waals surface area (Å²) in [6, 6.07) is -4.76. The van der Waals surface area contributed by atoms with Crippen LogP contribution in [0.4, 0.5) is 0 Å². The summed E-state index contributed by atoms with van der Waals surface area (Å²) >= 11 is 0. The topological polar surface area (TPSA) is 543 Å². The maximum absolute atomic E-state index is 15.1. The van der Waals surface area contributed by atoms with Gasteiger partial charge in [-0.15, -0.1) is 5.10 Å². The van der Waals surface area contributed by atoms with E-state index in [1.165, 1.54) is 6.92 Å². The van der Waals surface area contributed by atoms with Crippen molar-refractivity contribution in [3.8, 4) is 0 Å². The van der Waals surface area contributed by atoms with Crippen molar-refractivity contribution in [3.05, 3.63) is 47.9 Å². The first-order chi connectivity index (χ1) is 46.0. The van der Waals surface area contributed by atoms with E-state index in [9.17, 15) is 57.5 Å². The van der Waals surface area contributed by atoms with Gasteiger partial charge in [-0.25, -0.2) is 10.9 Å². The van der Waals surface area contributed by atoms with E-state index >= 15 is 4.79 Å². The lowest BCUT2D eigenvalue weighted by atomic mass is 9.85. The standard InChI is InChI=1S/C65H104N20O13/c1-35(2)27-44-53(89)54(90)45(28-36(3)4)82-83-65(9,62(98)79-43(21-22-50(66)86)57(93)76-46(55(69)91)31-51(67)87)24-15-17-39-34-85(84-81-39)26-14-10-13-23-64(7,8)61(97)80-49(32-52(68)88)60(96)77-47(29-37(5)6)58(94)78-48(30-38-33-73-41-19-12-11-18-40(38)41)59(95)74-42(56(92)75-44)20-16-25-72-63(70)71/h11-12,18-19,33-37,42-49,73,82-83H,10,13-17,20-32H2,1-9H3,(H2,66,86)(H2,67,87)(H2,68,88)(H2,69,91)(H,74,95)(H,75,92)(H,76,93)(H,77,96)(H,78,94)(H,79,98)(H,80,97)(H4,70,71,72)/t42?,43-,44-,45-,46-,47?,48-,49-,65-/m0/s1. The van der Waals surface area contributed by atoms with Gasteiger partial charge in [-0.3, -0.25) is 72.4 Å². The summed E-state index contributed by atoms with van der Waals surface area (Å²) in [6.45, 7) is 15.9. The normalized spacial score (nSPS) is 22.5. The van der Waals surface area contributed by atoms with Crippen LogP contribution in [-0.2, 0) is 81.7 Å². The lowest BCUT2D eigenvalue weighted by Crippen LogP contribution is -2.65. The monoisotopic (exact) mass is 1370 g/mol. The molecule has 2 aromatic heterocycles. The number of nitrogens with one attached hydrogen (secondary N) is 12. The zero-order valence-electron chi connectivity index (χ0n) is 57.8. The Hall–Kier alpha value is -9.40. The number of fused-ring (bicyclic) bond motifs is 3. The van der Waals surface area contributed by atoms with Crippen molar-refractivity contribution in [3.63, 3.8) is 0 Å². The van der Waals surface area contributed by atoms with Gasteiger partial charge in [0.05, 0.1) is 30.6 Å². The second kappa shape index (κ2) is 38.5. The van der Waals surface area contributed by atoms with Crippen LogP contribution < -0.4 is 82.1 Å². The number of nitrogens with zero attached hydrogens (tertiary/aromatic N) is 3. The molecule has 33 nitrogen and oxygen atoms in total. The molecule has 11 amide bonds. The van der Waals surface area contributed by atoms with Gasteiger partial charge in [0.15, 0.2) is 5.96 Å². The molecule has 98 heavy (non-hydrogen) atoms. The van der Waals surface area contributed by atoms with Gasteiger partial charge in [0.25, 0.3) is 0 Å². The molecule has 0 fully saturated rings. The summed E-state index contributed by atoms with van der Waals surface area (Å²) in [4.78, 5) is 184. The average molecular weight is 1370 g/mol. The summed E-state index contributed by atoms with van der Waals surface area (Å²) in [7, 11) is 0. The third-order valence-electron chi connectivity index (χ3n) is 16.7. The molecule has 33 heteroatoms. The largest absolute Gasteiger partial charge is 0.370 e. The van der Waals surface area contributed by atoms with E-state index in [0.717, 1.165) is 0 Å². The highest BCUT2D eigenvalue weighted by molar-refractivity contribution is 6.41. The molecule has 22 N–H and O–H groups in total. The summed E-state index contributed by atoms with van der Waals surface area (Å²) in [5, 5.41) is 38.3. The number of benzene rings is 1. The van der Waals surface area contributed by atoms with Gasteiger partial charge >= 0.3 is 0 Å². The number of hydrogen-bond donors (Lipinski definition) is 17. The van der Waals surface area contributed by atoms with Crippen molar-refractivity contribution in [1.29, 1.82) is 5.41 Å². The number of aryl methyl sites for hydroxylation is 2. The zero-order valence-corrected chi connectivity index (χ0v) is 57.8. The minimum atomic E-state index is -1.80. The maximum atomic E-state index is 15.1. The Labute approximate surface area is 570 Å². The Bertz CT molecular complexity index is 3310. The summed E-state index contributed by atoms with van der Waals surface area (Å²) in [6.07, 6.45) is 3.37. The molecule has 3 aromatic rings. The smallest absolute Gasteiger partial charge is 0.243 e. The number of primary amides is 4. The molecular weight excluding hydrogens is 1270 g/mol. The molecule has 0 saturated heterocycles. The van der Waals surface area contributed by atoms with E-state index in [1.54, 1.807) is 90.7 Å². The van der Waals surface area contributed by atoms with Crippen molar-refractivity contribution in [2.24, 2.45) is 51.8 Å². The highest BCUT2D eigenvalue weighted by Gasteiger charge is 2.41. The van der Waals surface area contributed by atoms with Gasteiger partial charge in [0.2, 0.25) is 76.5 Å². The third kappa shape index (κ3) is 26.9. The van der Waals surface area contributed by atoms with Gasteiger partial charge in [0.1, 0.15) is 41.8 Å². The Balaban J connectivity index is 1.87. The number of H-pyrrole nitrogens is 1. The van der Waals surface area contributed by atoms with E-state index in [2.05, 4.69) is 68.7 Å². The Morgan fingerprint density at radius 2 is 1.26 bits per heavy atom. The molecular formula is C65H104N20O13. The van der Waals surface area contributed by atoms with Gasteiger partial charge in [0, 0.05) is 54.6 Å². The molecule has 1 aromatic carbocycles. The van der Waals surface area contributed by atoms with Crippen molar-refractivity contribution < 1.29 is 62.3 Å². The second-order valence-corrected chi connectivity index (χ2v) is 27.4. The van der Waals surface area contributed by atoms with E-state index < -0.39 is 155 Å². The first kappa shape index (κ1) is 81.0. The lowest BCUT2D eigenvalue weighted by Gasteiger charge is -2.34. The molecule has 1 aliphatic heterocycles. The molecule has 542 valence electrons. The Morgan fingerprint density at radius 1 is 0.663 bits per heavy atom. The van der Waals surface area contributed by atoms with Crippen LogP contribution in [0.5, 0.6) is 0 Å². The summed E-state index contributed by atoms with van der Waals surface area (Å²) < 4.78 is 1.63. The van der Waals surface area contributed by atoms with Crippen LogP contribution in [0.3, 0.4) is 0 Å². The number of carbonyl (C=O) groups excluding carboxylic acids is 13. The van der Waals surface area contributed by atoms with E-state index in [4.69, 9.17) is 34.1 Å². The minimum absolute atomic E-state index is 0.0111. The minimum Gasteiger partial charge on any atom is -0.370 e. The predicted molar refractivity (Wildman–Crippen MR) is 362 cm³/mol. The number of aromatic nitrogens is 4. The number of guanidine groups is 1. The third-order valence-corrected chi connectivity index (χ3v) is 16.7. The zero-order chi connectivity index (χ0) is 73.2. The van der Waals surface area contributed by atoms with Crippen LogP contribution in [0.2, 0.25) is 0 Å². The number of nitrogens with two attached hydrogens (primary N) is 5. The molecule has 9 atom stereocenters. The van der Waals surface area contributed by atoms with Crippen molar-refractivity contribution in [1.82, 2.24) is 73.4 Å². The average Bonchev–Trinajstić information content (AvgIpc) is 1.42. The number of hydrazine groups is 1. The van der Waals surface area contributed by atoms with Crippen LogP contribution in [0.25, 0.3) is 10.9 Å². The van der Waals surface area contributed by atoms with Crippen molar-refractivity contribution >= 4 is 93.4 Å². The van der Waals surface area contributed by atoms with Crippen LogP contribution in [0, 0.1) is 28.6 Å². The molecule has 3 heterocycles. The quantitative estimate of drug-likeness (QED) is 0.0212. The van der Waals surface area contributed by atoms with Crippen LogP contribution in [0.15, 0.2) is 36.7 Å². The fraction of sp³-hybridized carbons (Fsp3) is 0.631. The fourth-order valence-corrected chi connectivity index (χ4v) is 11.2. The maximum Gasteiger partial charge on any atom is 0.243 e. The Morgan fingerprint density at radius 3 is 1.89 bits per heavy atom. The first-order valence-corrected chi connectivity index (χ1v) is 33.4. The van der Waals surface area contributed by atoms with Gasteiger partial charge in [-0.1, -0.05) is 91.6 Å². The van der Waals surface area contributed by atoms with Crippen LogP contribution in [0.1, 0.15) is 170 Å². The van der Waals surface area contributed by atoms with Crippen molar-refractivity contribution in [2.75, 3.05) is 6.54 Å². The van der Waals surface area contributed by atoms with Gasteiger partial charge in [-0.2, -0.15) is 0 Å². The fourth-order valence-electron chi connectivity index (χ4n) is 11.2. The van der Waals surface area contributed by atoms with Crippen LogP contribution >= 0.6 is 0 Å². The summed E-state index contributed by atoms with van der Waals surface area (Å²) in [5.74, 6) is -13.2. The molecule has 2 unspecified atom stereocenters. The Kier molecular flexibility index (Phi) is 31.8. The first-order valence-electron chi connectivity index (χ1n) is 33.4. The highest BCUT2D eigenvalue weighted by Crippen LogP contribution is 2.26. The molecule has 0 radical (unpaired) electrons. The van der Waals surface area contributed by atoms with E-state index in [-0.39, 0.29) is 94.5 Å². The molecule has 0 spiro atoms. The molecule has 4 rings (SSSR count). The van der Waals surface area contributed by atoms with Gasteiger partial charge < -0.3 is 76.2 Å². The second-order valence-electron chi connectivity index (χ2n) is 27.4. The number of Topliss-reactive ketones (excluding diaryl/α,β-unsaturated/α-hetero) is 2. The molecule has 2 bridgehead atoms. The predicted octanol–water partition coefficient (Wildman–Crippen LogP) is -1.42. The number of ketones is 2. The number of amides is 11. The number of aromatic amines is 1. The van der Waals surface area contributed by atoms with E-state index in [1.807, 2.05) is 6.07 Å².